The van der Waals surface area contributed by atoms with Crippen molar-refractivity contribution in [3.8, 4) is 0 Å². The Bertz CT molecular complexity index is 286. The molecular weight excluding hydrogens is 230 g/mol. The molecule has 0 heterocycles. The Morgan fingerprint density at radius 3 is 2.50 bits per heavy atom. The molecule has 0 amide bonds. The minimum Gasteiger partial charge on any atom is -0.388 e. The number of hydrogen-bond donors (Lipinski definition) is 3. The van der Waals surface area contributed by atoms with Crippen LogP contribution < -0.4 is 10.6 Å². The highest BCUT2D eigenvalue weighted by Gasteiger charge is 2.34. The zero-order chi connectivity index (χ0) is 13.6. The maximum Gasteiger partial charge on any atom is 0.191 e. The van der Waals surface area contributed by atoms with E-state index in [9.17, 15) is 5.11 Å². The zero-order valence-electron chi connectivity index (χ0n) is 12.0. The summed E-state index contributed by atoms with van der Waals surface area (Å²) in [6.07, 6.45) is 2.87. The van der Waals surface area contributed by atoms with Crippen molar-refractivity contribution in [2.45, 2.75) is 51.2 Å². The van der Waals surface area contributed by atoms with Crippen LogP contribution in [0.1, 0.15) is 40.0 Å². The zero-order valence-corrected chi connectivity index (χ0v) is 12.0. The average molecular weight is 257 g/mol. The lowest BCUT2D eigenvalue weighted by atomic mass is 9.80. The Morgan fingerprint density at radius 2 is 2.06 bits per heavy atom. The van der Waals surface area contributed by atoms with Crippen LogP contribution in [0.4, 0.5) is 0 Å². The van der Waals surface area contributed by atoms with Crippen LogP contribution in [0.15, 0.2) is 4.99 Å². The number of nitrogens with one attached hydrogen (secondary N) is 2. The number of rotatable bonds is 6. The van der Waals surface area contributed by atoms with Crippen molar-refractivity contribution in [3.63, 3.8) is 0 Å². The van der Waals surface area contributed by atoms with E-state index in [1.54, 1.807) is 7.11 Å². The van der Waals surface area contributed by atoms with Gasteiger partial charge in [0.1, 0.15) is 0 Å². The molecule has 106 valence electrons. The predicted octanol–water partition coefficient (Wildman–Crippen LogP) is 0.881. The van der Waals surface area contributed by atoms with Gasteiger partial charge in [-0.3, -0.25) is 4.99 Å². The van der Waals surface area contributed by atoms with Gasteiger partial charge in [-0.05, 0) is 40.0 Å². The molecule has 5 heteroatoms. The predicted molar refractivity (Wildman–Crippen MR) is 73.9 cm³/mol. The van der Waals surface area contributed by atoms with Gasteiger partial charge in [0.05, 0.1) is 17.7 Å². The molecule has 0 atom stereocenters. The van der Waals surface area contributed by atoms with E-state index < -0.39 is 5.60 Å². The first-order valence-electron chi connectivity index (χ1n) is 6.70. The summed E-state index contributed by atoms with van der Waals surface area (Å²) in [5.74, 6) is 0.739. The normalized spacial score (nSPS) is 19.3. The number of aliphatic hydroxyl groups is 1. The Hall–Kier alpha value is -0.810. The largest absolute Gasteiger partial charge is 0.388 e. The molecule has 1 saturated carbocycles. The standard InChI is InChI=1S/C13H27N3O2/c1-5-14-11(15-9-12(2,3)18-4)16-10-13(17)7-6-8-13/h17H,5-10H2,1-4H3,(H2,14,15,16). The van der Waals surface area contributed by atoms with Crippen LogP contribution in [0, 0.1) is 0 Å². The maximum atomic E-state index is 10.0. The topological polar surface area (TPSA) is 65.9 Å². The van der Waals surface area contributed by atoms with Gasteiger partial charge in [0, 0.05) is 20.2 Å². The van der Waals surface area contributed by atoms with Crippen molar-refractivity contribution in [2.24, 2.45) is 4.99 Å². The Kier molecular flexibility index (Phi) is 5.41. The summed E-state index contributed by atoms with van der Waals surface area (Å²) in [6.45, 7) is 7.97. The summed E-state index contributed by atoms with van der Waals surface area (Å²) in [5.41, 5.74) is -0.803. The number of aliphatic imine (C=N–C) groups is 1. The molecule has 1 rings (SSSR count). The van der Waals surface area contributed by atoms with Crippen LogP contribution in [-0.4, -0.2) is 49.0 Å². The van der Waals surface area contributed by atoms with E-state index in [1.165, 1.54) is 0 Å². The van der Waals surface area contributed by atoms with E-state index in [0.717, 1.165) is 31.8 Å². The molecule has 18 heavy (non-hydrogen) atoms. The molecule has 0 bridgehead atoms. The van der Waals surface area contributed by atoms with Crippen LogP contribution in [0.25, 0.3) is 0 Å². The fourth-order valence-corrected chi connectivity index (χ4v) is 1.69. The highest BCUT2D eigenvalue weighted by molar-refractivity contribution is 5.79. The molecule has 0 saturated heterocycles. The third kappa shape index (κ3) is 4.82. The van der Waals surface area contributed by atoms with Gasteiger partial charge in [-0.25, -0.2) is 0 Å². The van der Waals surface area contributed by atoms with Gasteiger partial charge in [0.25, 0.3) is 0 Å². The van der Waals surface area contributed by atoms with E-state index >= 15 is 0 Å². The number of methoxy groups -OCH3 is 1. The lowest BCUT2D eigenvalue weighted by molar-refractivity contribution is -0.0279. The maximum absolute atomic E-state index is 10.0. The van der Waals surface area contributed by atoms with Crippen molar-refractivity contribution in [1.82, 2.24) is 10.6 Å². The minimum absolute atomic E-state index is 0.268. The van der Waals surface area contributed by atoms with Gasteiger partial charge in [-0.2, -0.15) is 0 Å². The Labute approximate surface area is 110 Å². The molecule has 1 aliphatic carbocycles. The first kappa shape index (κ1) is 15.2. The number of guanidine groups is 1. The Balaban J connectivity index is 2.45. The monoisotopic (exact) mass is 257 g/mol. The molecule has 1 fully saturated rings. The summed E-state index contributed by atoms with van der Waals surface area (Å²) in [5, 5.41) is 16.4. The van der Waals surface area contributed by atoms with Crippen molar-refractivity contribution < 1.29 is 9.84 Å². The highest BCUT2D eigenvalue weighted by atomic mass is 16.5. The van der Waals surface area contributed by atoms with Gasteiger partial charge in [-0.15, -0.1) is 0 Å². The summed E-state index contributed by atoms with van der Waals surface area (Å²) in [6, 6.07) is 0. The first-order valence-corrected chi connectivity index (χ1v) is 6.70. The molecule has 0 aromatic heterocycles. The number of hydrogen-bond acceptors (Lipinski definition) is 3. The van der Waals surface area contributed by atoms with E-state index in [0.29, 0.717) is 13.1 Å². The second-order valence-corrected chi connectivity index (χ2v) is 5.59. The molecule has 0 radical (unpaired) electrons. The fraction of sp³-hybridized carbons (Fsp3) is 0.923. The van der Waals surface area contributed by atoms with E-state index in [2.05, 4.69) is 15.6 Å². The second kappa shape index (κ2) is 6.38. The van der Waals surface area contributed by atoms with Crippen LogP contribution in [0.5, 0.6) is 0 Å². The highest BCUT2D eigenvalue weighted by Crippen LogP contribution is 2.30. The molecular formula is C13H27N3O2. The fourth-order valence-electron chi connectivity index (χ4n) is 1.69. The van der Waals surface area contributed by atoms with Crippen molar-refractivity contribution >= 4 is 5.96 Å². The van der Waals surface area contributed by atoms with Crippen LogP contribution in [-0.2, 0) is 4.74 Å². The van der Waals surface area contributed by atoms with Gasteiger partial charge >= 0.3 is 0 Å². The van der Waals surface area contributed by atoms with Crippen molar-refractivity contribution in [2.75, 3.05) is 26.7 Å². The van der Waals surface area contributed by atoms with Crippen LogP contribution in [0.2, 0.25) is 0 Å². The molecule has 1 aliphatic rings. The smallest absolute Gasteiger partial charge is 0.191 e. The van der Waals surface area contributed by atoms with Gasteiger partial charge in [-0.1, -0.05) is 0 Å². The van der Waals surface area contributed by atoms with E-state index in [1.807, 2.05) is 20.8 Å². The third-order valence-corrected chi connectivity index (χ3v) is 3.38. The summed E-state index contributed by atoms with van der Waals surface area (Å²) < 4.78 is 5.33. The minimum atomic E-state index is -0.535. The SMILES string of the molecule is CCNC(=NCC(C)(C)OC)NCC1(O)CCC1. The van der Waals surface area contributed by atoms with E-state index in [4.69, 9.17) is 4.74 Å². The summed E-state index contributed by atoms with van der Waals surface area (Å²) in [4.78, 5) is 4.48. The molecule has 0 aliphatic heterocycles. The third-order valence-electron chi connectivity index (χ3n) is 3.38. The molecule has 3 N–H and O–H groups in total. The molecule has 0 aromatic rings. The summed E-state index contributed by atoms with van der Waals surface area (Å²) in [7, 11) is 1.69. The van der Waals surface area contributed by atoms with Gasteiger partial charge in [0.15, 0.2) is 5.96 Å². The molecule has 0 unspecified atom stereocenters. The first-order chi connectivity index (χ1) is 8.41. The molecule has 5 nitrogen and oxygen atoms in total. The average Bonchev–Trinajstić information content (AvgIpc) is 2.30. The van der Waals surface area contributed by atoms with Crippen LogP contribution in [0.3, 0.4) is 0 Å². The van der Waals surface area contributed by atoms with E-state index in [-0.39, 0.29) is 5.60 Å². The lowest BCUT2D eigenvalue weighted by Gasteiger charge is -2.37. The summed E-state index contributed by atoms with van der Waals surface area (Å²) >= 11 is 0. The van der Waals surface area contributed by atoms with Gasteiger partial charge < -0.3 is 20.5 Å². The molecule has 0 spiro atoms. The number of nitrogens with zero attached hydrogens (tertiary/aromatic N) is 1. The lowest BCUT2D eigenvalue weighted by Crippen LogP contribution is -2.51. The quantitative estimate of drug-likeness (QED) is 0.488. The second-order valence-electron chi connectivity index (χ2n) is 5.59. The Morgan fingerprint density at radius 1 is 1.39 bits per heavy atom. The van der Waals surface area contributed by atoms with Crippen molar-refractivity contribution in [3.05, 3.63) is 0 Å². The molecule has 0 aromatic carbocycles. The van der Waals surface area contributed by atoms with Crippen LogP contribution >= 0.6 is 0 Å². The number of ether oxygens (including phenoxy) is 1. The van der Waals surface area contributed by atoms with Gasteiger partial charge in [0.2, 0.25) is 0 Å². The van der Waals surface area contributed by atoms with Crippen molar-refractivity contribution in [1.29, 1.82) is 0 Å².